The topological polar surface area (TPSA) is 0 Å². The van der Waals surface area contributed by atoms with E-state index in [0.29, 0.717) is 0 Å². The van der Waals surface area contributed by atoms with Crippen LogP contribution in [-0.2, 0) is 0 Å². The number of rotatable bonds is 1. The Morgan fingerprint density at radius 2 is 1.00 bits per heavy atom. The molecule has 0 nitrogen and oxygen atoms in total. The summed E-state index contributed by atoms with van der Waals surface area (Å²) >= 11 is 0. The van der Waals surface area contributed by atoms with Crippen LogP contribution in [0, 0.1) is 13.8 Å². The van der Waals surface area contributed by atoms with Gasteiger partial charge in [0.25, 0.3) is 0 Å². The Balaban J connectivity index is 2.20. The van der Waals surface area contributed by atoms with Crippen LogP contribution in [0.2, 0.25) is 0 Å². The highest BCUT2D eigenvalue weighted by molar-refractivity contribution is 6.15. The summed E-state index contributed by atoms with van der Waals surface area (Å²) < 4.78 is 0. The van der Waals surface area contributed by atoms with Gasteiger partial charge in [-0.25, -0.2) is 0 Å². The van der Waals surface area contributed by atoms with Crippen LogP contribution in [0.15, 0.2) is 72.8 Å². The number of benzene rings is 4. The van der Waals surface area contributed by atoms with Gasteiger partial charge in [-0.1, -0.05) is 78.4 Å². The van der Waals surface area contributed by atoms with E-state index in [2.05, 4.69) is 86.6 Å². The molecular formula is C22H18. The van der Waals surface area contributed by atoms with Crippen molar-refractivity contribution in [2.24, 2.45) is 0 Å². The van der Waals surface area contributed by atoms with E-state index in [1.165, 1.54) is 43.8 Å². The minimum absolute atomic E-state index is 1.30. The predicted molar refractivity (Wildman–Crippen MR) is 96.4 cm³/mol. The monoisotopic (exact) mass is 282 g/mol. The zero-order chi connectivity index (χ0) is 15.1. The van der Waals surface area contributed by atoms with Gasteiger partial charge in [0.2, 0.25) is 0 Å². The van der Waals surface area contributed by atoms with E-state index in [-0.39, 0.29) is 0 Å². The highest BCUT2D eigenvalue weighted by Crippen LogP contribution is 2.38. The molecule has 0 N–H and O–H groups in total. The number of fused-ring (bicyclic) bond motifs is 3. The zero-order valence-corrected chi connectivity index (χ0v) is 12.9. The third-order valence-corrected chi connectivity index (χ3v) is 4.53. The van der Waals surface area contributed by atoms with Gasteiger partial charge in [-0.15, -0.1) is 0 Å². The first-order valence-corrected chi connectivity index (χ1v) is 7.73. The molecule has 0 aromatic heterocycles. The van der Waals surface area contributed by atoms with Crippen LogP contribution in [0.5, 0.6) is 0 Å². The molecule has 0 saturated heterocycles. The van der Waals surface area contributed by atoms with E-state index in [1.807, 2.05) is 0 Å². The molecule has 0 fully saturated rings. The van der Waals surface area contributed by atoms with Crippen molar-refractivity contribution in [2.45, 2.75) is 13.8 Å². The van der Waals surface area contributed by atoms with Gasteiger partial charge in [-0.2, -0.15) is 0 Å². The molecule has 0 atom stereocenters. The lowest BCUT2D eigenvalue weighted by Gasteiger charge is -2.15. The number of hydrogen-bond donors (Lipinski definition) is 0. The molecule has 4 rings (SSSR count). The number of hydrogen-bond acceptors (Lipinski definition) is 0. The quantitative estimate of drug-likeness (QED) is 0.360. The fourth-order valence-electron chi connectivity index (χ4n) is 3.41. The van der Waals surface area contributed by atoms with Gasteiger partial charge in [0.15, 0.2) is 0 Å². The lowest BCUT2D eigenvalue weighted by molar-refractivity contribution is 1.46. The first kappa shape index (κ1) is 13.1. The largest absolute Gasteiger partial charge is 0.0616 e. The first-order valence-electron chi connectivity index (χ1n) is 7.73. The lowest BCUT2D eigenvalue weighted by atomic mass is 9.88. The van der Waals surface area contributed by atoms with Crippen LogP contribution >= 0.6 is 0 Å². The second-order valence-electron chi connectivity index (χ2n) is 5.96. The van der Waals surface area contributed by atoms with Crippen molar-refractivity contribution in [3.05, 3.63) is 83.9 Å². The van der Waals surface area contributed by atoms with E-state index in [1.54, 1.807) is 0 Å². The molecule has 0 radical (unpaired) electrons. The second-order valence-corrected chi connectivity index (χ2v) is 5.96. The Labute approximate surface area is 131 Å². The standard InChI is InChI=1S/C22H18/c1-15-11-13-17(14-12-15)22-16(2)18-7-3-4-8-19(18)20-9-5-6-10-21(20)22/h3-14H,1-2H3. The number of aryl methyl sites for hydroxylation is 2. The lowest BCUT2D eigenvalue weighted by Crippen LogP contribution is -1.90. The average Bonchev–Trinajstić information content (AvgIpc) is 2.57. The summed E-state index contributed by atoms with van der Waals surface area (Å²) in [4.78, 5) is 0. The van der Waals surface area contributed by atoms with E-state index in [9.17, 15) is 0 Å². The summed E-state index contributed by atoms with van der Waals surface area (Å²) in [7, 11) is 0. The summed E-state index contributed by atoms with van der Waals surface area (Å²) in [6, 6.07) is 26.3. The highest BCUT2D eigenvalue weighted by Gasteiger charge is 2.12. The van der Waals surface area contributed by atoms with Crippen molar-refractivity contribution >= 4 is 21.5 Å². The molecule has 0 heteroatoms. The second kappa shape index (κ2) is 4.99. The molecule has 0 aliphatic heterocycles. The van der Waals surface area contributed by atoms with E-state index in [4.69, 9.17) is 0 Å². The highest BCUT2D eigenvalue weighted by atomic mass is 14.2. The van der Waals surface area contributed by atoms with E-state index in [0.717, 1.165) is 0 Å². The van der Waals surface area contributed by atoms with Crippen molar-refractivity contribution in [3.8, 4) is 11.1 Å². The summed E-state index contributed by atoms with van der Waals surface area (Å²) in [5.41, 5.74) is 5.31. The molecule has 4 aromatic rings. The van der Waals surface area contributed by atoms with Crippen molar-refractivity contribution < 1.29 is 0 Å². The molecule has 0 bridgehead atoms. The molecule has 0 heterocycles. The van der Waals surface area contributed by atoms with Gasteiger partial charge in [0.05, 0.1) is 0 Å². The molecule has 106 valence electrons. The van der Waals surface area contributed by atoms with E-state index < -0.39 is 0 Å². The molecule has 0 aliphatic rings. The average molecular weight is 282 g/mol. The van der Waals surface area contributed by atoms with Gasteiger partial charge in [0.1, 0.15) is 0 Å². The Morgan fingerprint density at radius 1 is 0.500 bits per heavy atom. The fraction of sp³-hybridized carbons (Fsp3) is 0.0909. The Bertz CT molecular complexity index is 976. The smallest absolute Gasteiger partial charge is 0.00697 e. The van der Waals surface area contributed by atoms with Crippen molar-refractivity contribution in [3.63, 3.8) is 0 Å². The van der Waals surface area contributed by atoms with Crippen molar-refractivity contribution in [2.75, 3.05) is 0 Å². The predicted octanol–water partition coefficient (Wildman–Crippen LogP) is 6.28. The van der Waals surface area contributed by atoms with Gasteiger partial charge in [0, 0.05) is 0 Å². The van der Waals surface area contributed by atoms with Gasteiger partial charge in [-0.3, -0.25) is 0 Å². The summed E-state index contributed by atoms with van der Waals surface area (Å²) in [6.45, 7) is 4.37. The first-order chi connectivity index (χ1) is 10.8. The van der Waals surface area contributed by atoms with Crippen LogP contribution in [0.3, 0.4) is 0 Å². The molecular weight excluding hydrogens is 264 g/mol. The van der Waals surface area contributed by atoms with Crippen LogP contribution < -0.4 is 0 Å². The van der Waals surface area contributed by atoms with Crippen molar-refractivity contribution in [1.82, 2.24) is 0 Å². The third kappa shape index (κ3) is 1.92. The van der Waals surface area contributed by atoms with Crippen LogP contribution in [0.25, 0.3) is 32.7 Å². The molecule has 0 unspecified atom stereocenters. The molecule has 0 amide bonds. The summed E-state index contributed by atoms with van der Waals surface area (Å²) in [6.07, 6.45) is 0. The zero-order valence-electron chi connectivity index (χ0n) is 12.9. The van der Waals surface area contributed by atoms with E-state index >= 15 is 0 Å². The molecule has 22 heavy (non-hydrogen) atoms. The SMILES string of the molecule is Cc1ccc(-c2c(C)c3ccccc3c3ccccc23)cc1. The summed E-state index contributed by atoms with van der Waals surface area (Å²) in [5, 5.41) is 5.35. The maximum absolute atomic E-state index is 2.24. The maximum atomic E-state index is 2.24. The van der Waals surface area contributed by atoms with Crippen LogP contribution in [0.1, 0.15) is 11.1 Å². The van der Waals surface area contributed by atoms with Crippen LogP contribution in [0.4, 0.5) is 0 Å². The Kier molecular flexibility index (Phi) is 2.97. The van der Waals surface area contributed by atoms with Gasteiger partial charge >= 0.3 is 0 Å². The normalized spacial score (nSPS) is 11.2. The molecule has 0 saturated carbocycles. The minimum atomic E-state index is 1.30. The fourth-order valence-corrected chi connectivity index (χ4v) is 3.41. The Morgan fingerprint density at radius 3 is 1.64 bits per heavy atom. The van der Waals surface area contributed by atoms with Gasteiger partial charge in [-0.05, 0) is 52.1 Å². The van der Waals surface area contributed by atoms with Gasteiger partial charge < -0.3 is 0 Å². The Hall–Kier alpha value is -2.60. The molecule has 0 aliphatic carbocycles. The molecule has 0 spiro atoms. The maximum Gasteiger partial charge on any atom is -0.00697 e. The molecule has 4 aromatic carbocycles. The van der Waals surface area contributed by atoms with Crippen LogP contribution in [-0.4, -0.2) is 0 Å². The van der Waals surface area contributed by atoms with Crippen molar-refractivity contribution in [1.29, 1.82) is 0 Å². The minimum Gasteiger partial charge on any atom is -0.0616 e. The summed E-state index contributed by atoms with van der Waals surface area (Å²) in [5.74, 6) is 0. The third-order valence-electron chi connectivity index (χ3n) is 4.53.